The smallest absolute Gasteiger partial charge is 0.213 e. The van der Waals surface area contributed by atoms with Crippen LogP contribution in [0, 0.1) is 25.2 Å². The molecule has 2 heterocycles. The molecule has 1 atom stereocenters. The highest BCUT2D eigenvalue weighted by atomic mass is 32.2. The van der Waals surface area contributed by atoms with Crippen molar-refractivity contribution in [3.63, 3.8) is 0 Å². The van der Waals surface area contributed by atoms with E-state index in [0.717, 1.165) is 18.4 Å². The minimum absolute atomic E-state index is 0.00295. The lowest BCUT2D eigenvalue weighted by molar-refractivity contribution is 0.577. The Balaban J connectivity index is 2.38. The molecular weight excluding hydrogens is 290 g/mol. The van der Waals surface area contributed by atoms with Crippen molar-refractivity contribution in [2.45, 2.75) is 32.7 Å². The van der Waals surface area contributed by atoms with Crippen LogP contribution in [0.15, 0.2) is 0 Å². The monoisotopic (exact) mass is 309 g/mol. The molecule has 114 valence electrons. The first-order chi connectivity index (χ1) is 9.89. The molecule has 21 heavy (non-hydrogen) atoms. The molecule has 1 N–H and O–H groups in total. The van der Waals surface area contributed by atoms with Gasteiger partial charge in [0.2, 0.25) is 10.0 Å². The van der Waals surface area contributed by atoms with Crippen molar-refractivity contribution in [3.8, 4) is 6.07 Å². The summed E-state index contributed by atoms with van der Waals surface area (Å²) >= 11 is 0. The molecule has 2 rings (SSSR count). The van der Waals surface area contributed by atoms with Gasteiger partial charge in [0.05, 0.1) is 11.4 Å². The van der Waals surface area contributed by atoms with Gasteiger partial charge in [-0.05, 0) is 39.3 Å². The number of aryl methyl sites for hydroxylation is 1. The third kappa shape index (κ3) is 3.14. The molecule has 0 saturated carbocycles. The van der Waals surface area contributed by atoms with Gasteiger partial charge < -0.3 is 4.90 Å². The fraction of sp³-hybridized carbons (Fsp3) is 0.615. The molecule has 1 fully saturated rings. The van der Waals surface area contributed by atoms with Crippen LogP contribution in [-0.2, 0) is 10.0 Å². The largest absolute Gasteiger partial charge is 0.350 e. The number of nitrogens with one attached hydrogen (secondary N) is 1. The topological polar surface area (TPSA) is 99.0 Å². The highest BCUT2D eigenvalue weighted by molar-refractivity contribution is 7.89. The van der Waals surface area contributed by atoms with E-state index in [1.807, 2.05) is 11.8 Å². The summed E-state index contributed by atoms with van der Waals surface area (Å²) in [5.74, 6) is 0.498. The highest BCUT2D eigenvalue weighted by Gasteiger charge is 2.32. The van der Waals surface area contributed by atoms with Crippen LogP contribution in [0.2, 0.25) is 0 Å². The zero-order valence-corrected chi connectivity index (χ0v) is 13.2. The second kappa shape index (κ2) is 5.95. The molecule has 1 aliphatic rings. The first-order valence-corrected chi connectivity index (χ1v) is 8.46. The van der Waals surface area contributed by atoms with Crippen LogP contribution < -0.4 is 9.62 Å². The first kappa shape index (κ1) is 15.7. The normalized spacial score (nSPS) is 18.8. The average molecular weight is 309 g/mol. The Kier molecular flexibility index (Phi) is 4.44. The average Bonchev–Trinajstić information content (AvgIpc) is 2.89. The molecular formula is C13H19N5O2S. The van der Waals surface area contributed by atoms with Crippen molar-refractivity contribution in [1.82, 2.24) is 14.9 Å². The van der Waals surface area contributed by atoms with Crippen LogP contribution >= 0.6 is 0 Å². The van der Waals surface area contributed by atoms with Gasteiger partial charge in [-0.2, -0.15) is 10.4 Å². The Morgan fingerprint density at radius 1 is 1.43 bits per heavy atom. The van der Waals surface area contributed by atoms with E-state index in [-0.39, 0.29) is 11.8 Å². The van der Waals surface area contributed by atoms with Crippen LogP contribution in [0.4, 0.5) is 5.82 Å². The Hall–Kier alpha value is -1.72. The van der Waals surface area contributed by atoms with E-state index in [4.69, 9.17) is 0 Å². The lowest BCUT2D eigenvalue weighted by atomic mass is 10.1. The first-order valence-electron chi connectivity index (χ1n) is 6.81. The summed E-state index contributed by atoms with van der Waals surface area (Å²) in [6, 6.07) is 1.99. The van der Waals surface area contributed by atoms with E-state index in [1.54, 1.807) is 6.92 Å². The van der Waals surface area contributed by atoms with Crippen molar-refractivity contribution in [3.05, 3.63) is 16.8 Å². The summed E-state index contributed by atoms with van der Waals surface area (Å²) in [4.78, 5) is 1.90. The van der Waals surface area contributed by atoms with Crippen molar-refractivity contribution in [2.75, 3.05) is 24.2 Å². The van der Waals surface area contributed by atoms with Crippen LogP contribution in [0.5, 0.6) is 0 Å². The molecule has 1 saturated heterocycles. The van der Waals surface area contributed by atoms with Crippen LogP contribution in [0.1, 0.15) is 29.7 Å². The number of sulfonamides is 1. The van der Waals surface area contributed by atoms with E-state index in [1.165, 1.54) is 7.05 Å². The fourth-order valence-corrected chi connectivity index (χ4v) is 3.58. The van der Waals surface area contributed by atoms with Crippen molar-refractivity contribution >= 4 is 15.8 Å². The number of anilines is 1. The molecule has 7 nitrogen and oxygen atoms in total. The quantitative estimate of drug-likeness (QED) is 0.868. The molecule has 0 radical (unpaired) electrons. The summed E-state index contributed by atoms with van der Waals surface area (Å²) in [6.45, 7) is 4.33. The molecule has 0 aromatic carbocycles. The molecule has 0 aliphatic carbocycles. The molecule has 0 unspecified atom stereocenters. The molecule has 1 aromatic rings. The van der Waals surface area contributed by atoms with E-state index < -0.39 is 10.0 Å². The minimum atomic E-state index is -3.30. The number of hydrogen-bond acceptors (Lipinski definition) is 6. The third-order valence-corrected chi connectivity index (χ3v) is 5.37. The van der Waals surface area contributed by atoms with Gasteiger partial charge in [0.25, 0.3) is 0 Å². The second-order valence-electron chi connectivity index (χ2n) is 5.20. The van der Waals surface area contributed by atoms with Gasteiger partial charge in [-0.1, -0.05) is 0 Å². The lowest BCUT2D eigenvalue weighted by Gasteiger charge is -2.26. The van der Waals surface area contributed by atoms with Crippen LogP contribution in [-0.4, -0.2) is 44.0 Å². The van der Waals surface area contributed by atoms with Gasteiger partial charge in [-0.3, -0.25) is 0 Å². The number of nitriles is 1. The van der Waals surface area contributed by atoms with E-state index in [9.17, 15) is 13.7 Å². The zero-order valence-electron chi connectivity index (χ0n) is 12.4. The predicted molar refractivity (Wildman–Crippen MR) is 79.4 cm³/mol. The number of aromatic nitrogens is 2. The summed E-state index contributed by atoms with van der Waals surface area (Å²) in [5, 5.41) is 17.6. The summed E-state index contributed by atoms with van der Waals surface area (Å²) < 4.78 is 25.9. The number of nitrogens with zero attached hydrogens (tertiary/aromatic N) is 4. The zero-order chi connectivity index (χ0) is 15.6. The molecule has 0 spiro atoms. The Labute approximate surface area is 125 Å². The fourth-order valence-electron chi connectivity index (χ4n) is 2.56. The van der Waals surface area contributed by atoms with E-state index >= 15 is 0 Å². The number of rotatable bonds is 4. The molecule has 0 amide bonds. The van der Waals surface area contributed by atoms with Crippen molar-refractivity contribution in [1.29, 1.82) is 5.26 Å². The summed E-state index contributed by atoms with van der Waals surface area (Å²) in [7, 11) is -1.90. The van der Waals surface area contributed by atoms with Gasteiger partial charge >= 0.3 is 0 Å². The highest BCUT2D eigenvalue weighted by Crippen LogP contribution is 2.28. The van der Waals surface area contributed by atoms with Crippen LogP contribution in [0.3, 0.4) is 0 Å². The molecule has 1 aliphatic heterocycles. The lowest BCUT2D eigenvalue weighted by Crippen LogP contribution is -2.39. The van der Waals surface area contributed by atoms with Gasteiger partial charge in [-0.15, -0.1) is 5.10 Å². The number of hydrogen-bond donors (Lipinski definition) is 1. The minimum Gasteiger partial charge on any atom is -0.350 e. The summed E-state index contributed by atoms with van der Waals surface area (Å²) in [5.41, 5.74) is 2.00. The molecule has 1 aromatic heterocycles. The standard InChI is InChI=1S/C13H19N5O2S/c1-9-10(2)16-17-13(12(9)7-14)18-6-4-5-11(18)8-21(19,20)15-3/h11,15H,4-6,8H2,1-3H3/t11-/m1/s1. The SMILES string of the molecule is CNS(=O)(=O)C[C@H]1CCCN1c1nnc(C)c(C)c1C#N. The Morgan fingerprint density at radius 3 is 2.76 bits per heavy atom. The van der Waals surface area contributed by atoms with E-state index in [2.05, 4.69) is 21.0 Å². The maximum Gasteiger partial charge on any atom is 0.213 e. The van der Waals surface area contributed by atoms with Crippen molar-refractivity contribution < 1.29 is 8.42 Å². The van der Waals surface area contributed by atoms with Crippen LogP contribution in [0.25, 0.3) is 0 Å². The second-order valence-corrected chi connectivity index (χ2v) is 7.17. The predicted octanol–water partition coefficient (Wildman–Crippen LogP) is 0.483. The van der Waals surface area contributed by atoms with Gasteiger partial charge in [0, 0.05) is 12.6 Å². The summed E-state index contributed by atoms with van der Waals surface area (Å²) in [6.07, 6.45) is 1.64. The Bertz CT molecular complexity index is 681. The maximum atomic E-state index is 11.8. The maximum absolute atomic E-state index is 11.8. The van der Waals surface area contributed by atoms with Crippen molar-refractivity contribution in [2.24, 2.45) is 0 Å². The third-order valence-electron chi connectivity index (χ3n) is 3.92. The van der Waals surface area contributed by atoms with Gasteiger partial charge in [0.15, 0.2) is 5.82 Å². The van der Waals surface area contributed by atoms with Gasteiger partial charge in [0.1, 0.15) is 11.6 Å². The van der Waals surface area contributed by atoms with Gasteiger partial charge in [-0.25, -0.2) is 13.1 Å². The Morgan fingerprint density at radius 2 is 2.14 bits per heavy atom. The molecule has 8 heteroatoms. The van der Waals surface area contributed by atoms with E-state index in [0.29, 0.717) is 23.6 Å². The molecule has 0 bridgehead atoms.